The summed E-state index contributed by atoms with van der Waals surface area (Å²) in [5, 5.41) is 8.32. The maximum Gasteiger partial charge on any atom is 0.238 e. The molecular formula is C11H19N3O2S. The fraction of sp³-hybridized carbons (Fsp3) is 0.455. The quantitative estimate of drug-likeness (QED) is 0.640. The van der Waals surface area contributed by atoms with Crippen LogP contribution in [-0.2, 0) is 10.0 Å². The summed E-state index contributed by atoms with van der Waals surface area (Å²) in [5.74, 6) is 0. The van der Waals surface area contributed by atoms with Gasteiger partial charge in [0.15, 0.2) is 0 Å². The van der Waals surface area contributed by atoms with Crippen LogP contribution in [0.4, 0.5) is 0 Å². The van der Waals surface area contributed by atoms with Gasteiger partial charge in [-0.15, -0.1) is 0 Å². The summed E-state index contributed by atoms with van der Waals surface area (Å²) < 4.78 is 22.1. The zero-order chi connectivity index (χ0) is 12.9. The monoisotopic (exact) mass is 257 g/mol. The molecule has 5 N–H and O–H groups in total. The molecule has 0 amide bonds. The van der Waals surface area contributed by atoms with Gasteiger partial charge in [-0.2, -0.15) is 0 Å². The summed E-state index contributed by atoms with van der Waals surface area (Å²) in [6.07, 6.45) is 0.916. The first-order valence-corrected chi connectivity index (χ1v) is 7.06. The zero-order valence-corrected chi connectivity index (χ0v) is 10.7. The molecule has 0 aromatic heterocycles. The first-order valence-electron chi connectivity index (χ1n) is 5.51. The molecule has 0 aliphatic rings. The van der Waals surface area contributed by atoms with E-state index in [-0.39, 0.29) is 10.9 Å². The molecule has 6 heteroatoms. The smallest absolute Gasteiger partial charge is 0.238 e. The van der Waals surface area contributed by atoms with Crippen LogP contribution in [0.5, 0.6) is 0 Å². The SMILES string of the molecule is CC(NCCCN)c1ccc(S(N)(=O)=O)cc1. The van der Waals surface area contributed by atoms with E-state index >= 15 is 0 Å². The lowest BCUT2D eigenvalue weighted by atomic mass is 10.1. The van der Waals surface area contributed by atoms with Crippen molar-refractivity contribution in [2.24, 2.45) is 10.9 Å². The van der Waals surface area contributed by atoms with Crippen molar-refractivity contribution < 1.29 is 8.42 Å². The van der Waals surface area contributed by atoms with Crippen molar-refractivity contribution in [3.05, 3.63) is 29.8 Å². The molecule has 0 spiro atoms. The summed E-state index contributed by atoms with van der Waals surface area (Å²) in [5.41, 5.74) is 6.42. The molecule has 0 heterocycles. The maximum atomic E-state index is 11.1. The van der Waals surface area contributed by atoms with Crippen LogP contribution in [0.15, 0.2) is 29.2 Å². The molecule has 1 rings (SSSR count). The van der Waals surface area contributed by atoms with Gasteiger partial charge in [0.25, 0.3) is 0 Å². The first kappa shape index (κ1) is 14.1. The molecule has 0 bridgehead atoms. The average molecular weight is 257 g/mol. The van der Waals surface area contributed by atoms with Crippen LogP contribution in [0, 0.1) is 0 Å². The van der Waals surface area contributed by atoms with Gasteiger partial charge < -0.3 is 11.1 Å². The summed E-state index contributed by atoms with van der Waals surface area (Å²) in [4.78, 5) is 0.135. The molecule has 1 atom stereocenters. The van der Waals surface area contributed by atoms with E-state index in [0.717, 1.165) is 18.5 Å². The number of sulfonamides is 1. The van der Waals surface area contributed by atoms with Gasteiger partial charge >= 0.3 is 0 Å². The van der Waals surface area contributed by atoms with Crippen LogP contribution in [0.1, 0.15) is 24.9 Å². The lowest BCUT2D eigenvalue weighted by Gasteiger charge is -2.14. The van der Waals surface area contributed by atoms with E-state index in [1.807, 2.05) is 6.92 Å². The number of primary sulfonamides is 1. The Morgan fingerprint density at radius 1 is 1.29 bits per heavy atom. The van der Waals surface area contributed by atoms with Crippen LogP contribution in [0.3, 0.4) is 0 Å². The Balaban J connectivity index is 2.67. The standard InChI is InChI=1S/C11H19N3O2S/c1-9(14-8-2-7-12)10-3-5-11(6-4-10)17(13,15)16/h3-6,9,14H,2,7-8,12H2,1H3,(H2,13,15,16). The minimum absolute atomic E-state index is 0.135. The predicted molar refractivity (Wildman–Crippen MR) is 67.9 cm³/mol. The molecule has 5 nitrogen and oxygen atoms in total. The Morgan fingerprint density at radius 3 is 2.35 bits per heavy atom. The molecule has 0 saturated heterocycles. The molecule has 0 aliphatic heterocycles. The number of nitrogens with one attached hydrogen (secondary N) is 1. The molecule has 96 valence electrons. The second-order valence-electron chi connectivity index (χ2n) is 3.93. The van der Waals surface area contributed by atoms with Crippen molar-refractivity contribution in [1.29, 1.82) is 0 Å². The number of benzene rings is 1. The van der Waals surface area contributed by atoms with Gasteiger partial charge in [-0.3, -0.25) is 0 Å². The van der Waals surface area contributed by atoms with E-state index in [1.165, 1.54) is 12.1 Å². The van der Waals surface area contributed by atoms with Gasteiger partial charge in [0, 0.05) is 6.04 Å². The Labute approximate surface area is 102 Å². The second-order valence-corrected chi connectivity index (χ2v) is 5.49. The fourth-order valence-electron chi connectivity index (χ4n) is 1.48. The van der Waals surface area contributed by atoms with E-state index in [4.69, 9.17) is 10.9 Å². The highest BCUT2D eigenvalue weighted by molar-refractivity contribution is 7.89. The van der Waals surface area contributed by atoms with E-state index in [0.29, 0.717) is 6.54 Å². The van der Waals surface area contributed by atoms with Crippen LogP contribution in [-0.4, -0.2) is 21.5 Å². The molecule has 1 unspecified atom stereocenters. The second kappa shape index (κ2) is 6.11. The lowest BCUT2D eigenvalue weighted by molar-refractivity contribution is 0.561. The fourth-order valence-corrected chi connectivity index (χ4v) is 2.00. The normalized spacial score (nSPS) is 13.6. The summed E-state index contributed by atoms with van der Waals surface area (Å²) in [7, 11) is -3.60. The van der Waals surface area contributed by atoms with Crippen LogP contribution >= 0.6 is 0 Å². The largest absolute Gasteiger partial charge is 0.330 e. The summed E-state index contributed by atoms with van der Waals surface area (Å²) in [6.45, 7) is 3.52. The lowest BCUT2D eigenvalue weighted by Crippen LogP contribution is -2.22. The van der Waals surface area contributed by atoms with Crippen LogP contribution in [0.2, 0.25) is 0 Å². The van der Waals surface area contributed by atoms with Crippen LogP contribution < -0.4 is 16.2 Å². The molecule has 0 aliphatic carbocycles. The van der Waals surface area contributed by atoms with Crippen molar-refractivity contribution in [3.63, 3.8) is 0 Å². The first-order chi connectivity index (χ1) is 7.95. The highest BCUT2D eigenvalue weighted by Gasteiger charge is 2.09. The van der Waals surface area contributed by atoms with Gasteiger partial charge in [0.2, 0.25) is 10.0 Å². The third-order valence-electron chi connectivity index (χ3n) is 2.54. The highest BCUT2D eigenvalue weighted by atomic mass is 32.2. The van der Waals surface area contributed by atoms with Gasteiger partial charge in [0.05, 0.1) is 4.90 Å². The van der Waals surface area contributed by atoms with Crippen molar-refractivity contribution in [3.8, 4) is 0 Å². The van der Waals surface area contributed by atoms with E-state index < -0.39 is 10.0 Å². The van der Waals surface area contributed by atoms with Gasteiger partial charge in [-0.1, -0.05) is 12.1 Å². The minimum Gasteiger partial charge on any atom is -0.330 e. The van der Waals surface area contributed by atoms with E-state index in [2.05, 4.69) is 5.32 Å². The maximum absolute atomic E-state index is 11.1. The predicted octanol–water partition coefficient (Wildman–Crippen LogP) is 0.333. The summed E-state index contributed by atoms with van der Waals surface area (Å²) in [6, 6.07) is 6.73. The van der Waals surface area contributed by atoms with Crippen molar-refractivity contribution in [1.82, 2.24) is 5.32 Å². The van der Waals surface area contributed by atoms with Crippen molar-refractivity contribution in [2.75, 3.05) is 13.1 Å². The van der Waals surface area contributed by atoms with Gasteiger partial charge in [-0.05, 0) is 44.1 Å². The van der Waals surface area contributed by atoms with Crippen molar-refractivity contribution >= 4 is 10.0 Å². The van der Waals surface area contributed by atoms with Gasteiger partial charge in [-0.25, -0.2) is 13.6 Å². The van der Waals surface area contributed by atoms with Gasteiger partial charge in [0.1, 0.15) is 0 Å². The van der Waals surface area contributed by atoms with E-state index in [9.17, 15) is 8.42 Å². The third kappa shape index (κ3) is 4.43. The Bertz CT molecular complexity index is 442. The zero-order valence-electron chi connectivity index (χ0n) is 9.89. The molecule has 1 aromatic carbocycles. The highest BCUT2D eigenvalue weighted by Crippen LogP contribution is 2.15. The number of rotatable bonds is 6. The molecule has 1 aromatic rings. The van der Waals surface area contributed by atoms with Crippen LogP contribution in [0.25, 0.3) is 0 Å². The summed E-state index contributed by atoms with van der Waals surface area (Å²) >= 11 is 0. The van der Waals surface area contributed by atoms with Crippen molar-refractivity contribution in [2.45, 2.75) is 24.3 Å². The average Bonchev–Trinajstić information content (AvgIpc) is 2.28. The number of hydrogen-bond acceptors (Lipinski definition) is 4. The number of nitrogens with two attached hydrogens (primary N) is 2. The number of hydrogen-bond donors (Lipinski definition) is 3. The molecule has 0 saturated carbocycles. The molecule has 0 fully saturated rings. The third-order valence-corrected chi connectivity index (χ3v) is 3.47. The Kier molecular flexibility index (Phi) is 5.07. The Morgan fingerprint density at radius 2 is 1.88 bits per heavy atom. The Hall–Kier alpha value is -0.950. The topological polar surface area (TPSA) is 98.2 Å². The minimum atomic E-state index is -3.60. The molecule has 0 radical (unpaired) electrons. The molecular weight excluding hydrogens is 238 g/mol. The van der Waals surface area contributed by atoms with E-state index in [1.54, 1.807) is 12.1 Å². The molecule has 17 heavy (non-hydrogen) atoms.